The predicted octanol–water partition coefficient (Wildman–Crippen LogP) is 4.09. The highest BCUT2D eigenvalue weighted by Gasteiger charge is 2.10. The highest BCUT2D eigenvalue weighted by atomic mass is 15.1. The maximum Gasteiger partial charge on any atom is 0.0914 e. The lowest BCUT2D eigenvalue weighted by molar-refractivity contribution is 0.650. The quantitative estimate of drug-likeness (QED) is 0.588. The Bertz CT molecular complexity index is 194. The molecule has 1 aliphatic heterocycles. The summed E-state index contributed by atoms with van der Waals surface area (Å²) in [4.78, 5) is 0. The fraction of sp³-hybridized carbons (Fsp3) is 0.818. The Balaban J connectivity index is 2.24. The SMILES string of the molecule is CCCCC1=CC(CCCC)N=N1. The van der Waals surface area contributed by atoms with Gasteiger partial charge in [0.25, 0.3) is 0 Å². The molecule has 0 aromatic carbocycles. The number of hydrogen-bond donors (Lipinski definition) is 0. The van der Waals surface area contributed by atoms with E-state index in [1.165, 1.54) is 37.8 Å². The second-order valence-electron chi connectivity index (χ2n) is 3.69. The topological polar surface area (TPSA) is 24.7 Å². The van der Waals surface area contributed by atoms with E-state index < -0.39 is 0 Å². The van der Waals surface area contributed by atoms with E-state index in [0.717, 1.165) is 6.42 Å². The van der Waals surface area contributed by atoms with E-state index >= 15 is 0 Å². The van der Waals surface area contributed by atoms with Gasteiger partial charge in [0.15, 0.2) is 0 Å². The molecule has 0 N–H and O–H groups in total. The molecule has 0 saturated carbocycles. The molecule has 2 nitrogen and oxygen atoms in total. The van der Waals surface area contributed by atoms with Crippen LogP contribution in [-0.4, -0.2) is 6.04 Å². The molecule has 2 heteroatoms. The summed E-state index contributed by atoms with van der Waals surface area (Å²) in [6, 6.07) is 0.395. The second kappa shape index (κ2) is 5.90. The molecule has 0 aromatic rings. The lowest BCUT2D eigenvalue weighted by Gasteiger charge is -1.99. The molecule has 1 atom stereocenters. The lowest BCUT2D eigenvalue weighted by atomic mass is 10.1. The summed E-state index contributed by atoms with van der Waals surface area (Å²) in [5, 5.41) is 8.43. The van der Waals surface area contributed by atoms with Crippen molar-refractivity contribution >= 4 is 0 Å². The van der Waals surface area contributed by atoms with E-state index in [9.17, 15) is 0 Å². The van der Waals surface area contributed by atoms with E-state index in [-0.39, 0.29) is 0 Å². The van der Waals surface area contributed by atoms with Crippen molar-refractivity contribution in [2.24, 2.45) is 10.2 Å². The van der Waals surface area contributed by atoms with Crippen LogP contribution in [0.1, 0.15) is 52.4 Å². The molecule has 13 heavy (non-hydrogen) atoms. The van der Waals surface area contributed by atoms with Crippen LogP contribution in [0.15, 0.2) is 22.0 Å². The number of allylic oxidation sites excluding steroid dienone is 1. The van der Waals surface area contributed by atoms with Gasteiger partial charge in [-0.2, -0.15) is 10.2 Å². The van der Waals surface area contributed by atoms with Crippen molar-refractivity contribution < 1.29 is 0 Å². The average molecular weight is 180 g/mol. The van der Waals surface area contributed by atoms with Gasteiger partial charge in [-0.3, -0.25) is 0 Å². The summed E-state index contributed by atoms with van der Waals surface area (Å²) in [7, 11) is 0. The molecule has 0 saturated heterocycles. The smallest absolute Gasteiger partial charge is 0.0914 e. The van der Waals surface area contributed by atoms with Crippen molar-refractivity contribution in [3.8, 4) is 0 Å². The number of rotatable bonds is 6. The van der Waals surface area contributed by atoms with Crippen LogP contribution in [0, 0.1) is 0 Å². The Kier molecular flexibility index (Phi) is 4.73. The van der Waals surface area contributed by atoms with E-state index in [1.54, 1.807) is 0 Å². The minimum Gasteiger partial charge on any atom is -0.181 e. The third kappa shape index (κ3) is 3.71. The Morgan fingerprint density at radius 1 is 1.23 bits per heavy atom. The van der Waals surface area contributed by atoms with Crippen LogP contribution in [0.3, 0.4) is 0 Å². The van der Waals surface area contributed by atoms with E-state index in [4.69, 9.17) is 0 Å². The summed E-state index contributed by atoms with van der Waals surface area (Å²) in [5.74, 6) is 0. The molecule has 0 bridgehead atoms. The van der Waals surface area contributed by atoms with Crippen molar-refractivity contribution in [1.29, 1.82) is 0 Å². The zero-order valence-corrected chi connectivity index (χ0v) is 8.79. The summed E-state index contributed by atoms with van der Waals surface area (Å²) in [6.45, 7) is 4.43. The highest BCUT2D eigenvalue weighted by Crippen LogP contribution is 2.21. The van der Waals surface area contributed by atoms with Crippen molar-refractivity contribution in [3.05, 3.63) is 11.8 Å². The molecule has 1 unspecified atom stereocenters. The van der Waals surface area contributed by atoms with Crippen LogP contribution in [0.2, 0.25) is 0 Å². The molecule has 1 aliphatic rings. The Hall–Kier alpha value is -0.660. The monoisotopic (exact) mass is 180 g/mol. The van der Waals surface area contributed by atoms with Crippen molar-refractivity contribution in [2.45, 2.75) is 58.4 Å². The van der Waals surface area contributed by atoms with Crippen LogP contribution in [0.25, 0.3) is 0 Å². The summed E-state index contributed by atoms with van der Waals surface area (Å²) in [6.07, 6.45) is 9.53. The number of nitrogens with zero attached hydrogens (tertiary/aromatic N) is 2. The van der Waals surface area contributed by atoms with Gasteiger partial charge in [0.1, 0.15) is 0 Å². The Morgan fingerprint density at radius 3 is 2.69 bits per heavy atom. The summed E-state index contributed by atoms with van der Waals surface area (Å²) in [5.41, 5.74) is 1.21. The molecule has 0 aromatic heterocycles. The van der Waals surface area contributed by atoms with Crippen LogP contribution in [0.5, 0.6) is 0 Å². The molecule has 1 heterocycles. The van der Waals surface area contributed by atoms with Gasteiger partial charge >= 0.3 is 0 Å². The van der Waals surface area contributed by atoms with Gasteiger partial charge in [0.05, 0.1) is 11.7 Å². The van der Waals surface area contributed by atoms with Crippen LogP contribution >= 0.6 is 0 Å². The normalized spacial score (nSPS) is 20.8. The summed E-state index contributed by atoms with van der Waals surface area (Å²) < 4.78 is 0. The first-order valence-corrected chi connectivity index (χ1v) is 5.48. The Morgan fingerprint density at radius 2 is 2.00 bits per heavy atom. The average Bonchev–Trinajstić information content (AvgIpc) is 2.59. The first-order chi connectivity index (χ1) is 6.36. The zero-order chi connectivity index (χ0) is 9.52. The third-order valence-corrected chi connectivity index (χ3v) is 2.36. The van der Waals surface area contributed by atoms with Gasteiger partial charge in [0.2, 0.25) is 0 Å². The van der Waals surface area contributed by atoms with Crippen molar-refractivity contribution in [2.75, 3.05) is 0 Å². The van der Waals surface area contributed by atoms with Crippen LogP contribution in [0.4, 0.5) is 0 Å². The van der Waals surface area contributed by atoms with E-state index in [1.807, 2.05) is 0 Å². The first kappa shape index (κ1) is 10.4. The molecular weight excluding hydrogens is 160 g/mol. The number of azo groups is 1. The van der Waals surface area contributed by atoms with E-state index in [2.05, 4.69) is 30.2 Å². The molecular formula is C11H20N2. The van der Waals surface area contributed by atoms with Crippen molar-refractivity contribution in [3.63, 3.8) is 0 Å². The molecule has 74 valence electrons. The third-order valence-electron chi connectivity index (χ3n) is 2.36. The molecule has 1 rings (SSSR count). The first-order valence-electron chi connectivity index (χ1n) is 5.48. The summed E-state index contributed by atoms with van der Waals surface area (Å²) >= 11 is 0. The van der Waals surface area contributed by atoms with Gasteiger partial charge in [-0.1, -0.05) is 33.1 Å². The minimum absolute atomic E-state index is 0.395. The van der Waals surface area contributed by atoms with Gasteiger partial charge in [-0.05, 0) is 25.3 Å². The molecule has 0 amide bonds. The van der Waals surface area contributed by atoms with Gasteiger partial charge < -0.3 is 0 Å². The molecule has 0 fully saturated rings. The fourth-order valence-electron chi connectivity index (χ4n) is 1.48. The van der Waals surface area contributed by atoms with Gasteiger partial charge in [0, 0.05) is 0 Å². The van der Waals surface area contributed by atoms with Crippen LogP contribution < -0.4 is 0 Å². The predicted molar refractivity (Wildman–Crippen MR) is 55.8 cm³/mol. The standard InChI is InChI=1S/C11H20N2/c1-3-5-7-10-9-11(13-12-10)8-6-4-2/h9-10H,3-8H2,1-2H3. The molecule has 0 radical (unpaired) electrons. The largest absolute Gasteiger partial charge is 0.181 e. The number of unbranched alkanes of at least 4 members (excludes halogenated alkanes) is 2. The molecule has 0 aliphatic carbocycles. The maximum absolute atomic E-state index is 4.24. The Labute approximate surface area is 81.1 Å². The van der Waals surface area contributed by atoms with Gasteiger partial charge in [-0.15, -0.1) is 0 Å². The maximum atomic E-state index is 4.24. The highest BCUT2D eigenvalue weighted by molar-refractivity contribution is 5.09. The minimum atomic E-state index is 0.395. The lowest BCUT2D eigenvalue weighted by Crippen LogP contribution is -1.95. The molecule has 0 spiro atoms. The van der Waals surface area contributed by atoms with Gasteiger partial charge in [-0.25, -0.2) is 0 Å². The van der Waals surface area contributed by atoms with Crippen LogP contribution in [-0.2, 0) is 0 Å². The van der Waals surface area contributed by atoms with Crippen molar-refractivity contribution in [1.82, 2.24) is 0 Å². The second-order valence-corrected chi connectivity index (χ2v) is 3.69. The fourth-order valence-corrected chi connectivity index (χ4v) is 1.48. The zero-order valence-electron chi connectivity index (χ0n) is 8.79. The number of hydrogen-bond acceptors (Lipinski definition) is 2. The van der Waals surface area contributed by atoms with E-state index in [0.29, 0.717) is 6.04 Å².